The van der Waals surface area contributed by atoms with Crippen molar-refractivity contribution in [1.29, 1.82) is 0 Å². The first-order valence-corrected chi connectivity index (χ1v) is 7.52. The number of rotatable bonds is 6. The van der Waals surface area contributed by atoms with Crippen LogP contribution in [0.25, 0.3) is 0 Å². The standard InChI is InChI=1S/C17H26N4O2/c1-12(18)20-9-13-7-5-6-8-14(13)10-21(11-15(19)22)16(23)17(2,3)4/h5-8H,9-11H2,1-4H3,(H2,18,20)(H2,19,22). The van der Waals surface area contributed by atoms with Crippen molar-refractivity contribution in [2.75, 3.05) is 6.54 Å². The highest BCUT2D eigenvalue weighted by Crippen LogP contribution is 2.20. The van der Waals surface area contributed by atoms with E-state index >= 15 is 0 Å². The Hall–Kier alpha value is -2.37. The van der Waals surface area contributed by atoms with Gasteiger partial charge in [-0.3, -0.25) is 14.6 Å². The molecule has 1 aromatic carbocycles. The molecule has 23 heavy (non-hydrogen) atoms. The number of amides is 2. The van der Waals surface area contributed by atoms with E-state index in [-0.39, 0.29) is 12.5 Å². The van der Waals surface area contributed by atoms with Crippen LogP contribution < -0.4 is 11.5 Å². The smallest absolute Gasteiger partial charge is 0.237 e. The molecule has 2 amide bonds. The van der Waals surface area contributed by atoms with Crippen LogP contribution in [0.5, 0.6) is 0 Å². The van der Waals surface area contributed by atoms with Crippen molar-refractivity contribution in [2.45, 2.75) is 40.8 Å². The molecule has 0 radical (unpaired) electrons. The van der Waals surface area contributed by atoms with Crippen molar-refractivity contribution in [2.24, 2.45) is 21.9 Å². The van der Waals surface area contributed by atoms with Gasteiger partial charge in [0.15, 0.2) is 0 Å². The van der Waals surface area contributed by atoms with E-state index in [1.54, 1.807) is 6.92 Å². The maximum absolute atomic E-state index is 12.6. The zero-order valence-corrected chi connectivity index (χ0v) is 14.3. The van der Waals surface area contributed by atoms with E-state index in [1.165, 1.54) is 4.90 Å². The van der Waals surface area contributed by atoms with Gasteiger partial charge in [-0.2, -0.15) is 0 Å². The highest BCUT2D eigenvalue weighted by molar-refractivity contribution is 5.86. The van der Waals surface area contributed by atoms with Crippen LogP contribution in [0.2, 0.25) is 0 Å². The van der Waals surface area contributed by atoms with Gasteiger partial charge in [-0.1, -0.05) is 45.0 Å². The van der Waals surface area contributed by atoms with Crippen molar-refractivity contribution >= 4 is 17.6 Å². The fourth-order valence-electron chi connectivity index (χ4n) is 2.14. The highest BCUT2D eigenvalue weighted by atomic mass is 16.2. The van der Waals surface area contributed by atoms with Crippen LogP contribution in [-0.2, 0) is 22.7 Å². The second-order valence-corrected chi connectivity index (χ2v) is 6.60. The molecule has 0 saturated carbocycles. The molecular weight excluding hydrogens is 292 g/mol. The summed E-state index contributed by atoms with van der Waals surface area (Å²) in [6.07, 6.45) is 0. The normalized spacial score (nSPS) is 12.1. The number of benzene rings is 1. The fourth-order valence-corrected chi connectivity index (χ4v) is 2.14. The summed E-state index contributed by atoms with van der Waals surface area (Å²) in [5, 5.41) is 0. The van der Waals surface area contributed by atoms with Crippen LogP contribution in [0.3, 0.4) is 0 Å². The van der Waals surface area contributed by atoms with Gasteiger partial charge >= 0.3 is 0 Å². The lowest BCUT2D eigenvalue weighted by molar-refractivity contribution is -0.142. The molecule has 0 aliphatic rings. The number of carbonyl (C=O) groups excluding carboxylic acids is 2. The first kappa shape index (κ1) is 18.7. The van der Waals surface area contributed by atoms with Gasteiger partial charge in [0, 0.05) is 12.0 Å². The van der Waals surface area contributed by atoms with E-state index in [9.17, 15) is 9.59 Å². The zero-order chi connectivity index (χ0) is 17.6. The van der Waals surface area contributed by atoms with E-state index < -0.39 is 11.3 Å². The highest BCUT2D eigenvalue weighted by Gasteiger charge is 2.28. The van der Waals surface area contributed by atoms with Gasteiger partial charge in [0.05, 0.1) is 18.9 Å². The minimum absolute atomic E-state index is 0.108. The van der Waals surface area contributed by atoms with Gasteiger partial charge in [0.25, 0.3) is 0 Å². The predicted molar refractivity (Wildman–Crippen MR) is 91.5 cm³/mol. The predicted octanol–water partition coefficient (Wildman–Crippen LogP) is 1.42. The summed E-state index contributed by atoms with van der Waals surface area (Å²) >= 11 is 0. The molecule has 0 fully saturated rings. The number of nitrogens with zero attached hydrogens (tertiary/aromatic N) is 2. The molecule has 1 aromatic rings. The fraction of sp³-hybridized carbons (Fsp3) is 0.471. The summed E-state index contributed by atoms with van der Waals surface area (Å²) in [5.41, 5.74) is 12.2. The average molecular weight is 318 g/mol. The molecule has 0 saturated heterocycles. The van der Waals surface area contributed by atoms with Crippen molar-refractivity contribution in [3.05, 3.63) is 35.4 Å². The Kier molecular flexibility index (Phi) is 6.30. The van der Waals surface area contributed by atoms with Crippen molar-refractivity contribution in [3.63, 3.8) is 0 Å². The third kappa shape index (κ3) is 6.10. The molecule has 6 nitrogen and oxygen atoms in total. The lowest BCUT2D eigenvalue weighted by atomic mass is 9.94. The monoisotopic (exact) mass is 318 g/mol. The topological polar surface area (TPSA) is 102 Å². The maximum Gasteiger partial charge on any atom is 0.237 e. The Morgan fingerprint density at radius 3 is 2.17 bits per heavy atom. The van der Waals surface area contributed by atoms with Gasteiger partial charge in [-0.15, -0.1) is 0 Å². The van der Waals surface area contributed by atoms with Crippen LogP contribution in [0.1, 0.15) is 38.8 Å². The van der Waals surface area contributed by atoms with Crippen LogP contribution in [0, 0.1) is 5.41 Å². The first-order valence-electron chi connectivity index (χ1n) is 7.52. The largest absolute Gasteiger partial charge is 0.388 e. The van der Waals surface area contributed by atoms with Gasteiger partial charge < -0.3 is 16.4 Å². The zero-order valence-electron chi connectivity index (χ0n) is 14.3. The summed E-state index contributed by atoms with van der Waals surface area (Å²) in [4.78, 5) is 29.6. The van der Waals surface area contributed by atoms with Gasteiger partial charge in [0.2, 0.25) is 11.8 Å². The van der Waals surface area contributed by atoms with E-state index in [2.05, 4.69) is 4.99 Å². The number of nitrogens with two attached hydrogens (primary N) is 2. The molecular formula is C17H26N4O2. The summed E-state index contributed by atoms with van der Waals surface area (Å²) in [5.74, 6) is -0.153. The molecule has 126 valence electrons. The molecule has 6 heteroatoms. The van der Waals surface area contributed by atoms with Crippen LogP contribution in [0.4, 0.5) is 0 Å². The molecule has 0 unspecified atom stereocenters. The lowest BCUT2D eigenvalue weighted by Gasteiger charge is -2.29. The number of amidine groups is 1. The number of carbonyl (C=O) groups is 2. The number of primary amides is 1. The lowest BCUT2D eigenvalue weighted by Crippen LogP contribution is -2.43. The Morgan fingerprint density at radius 1 is 1.13 bits per heavy atom. The Balaban J connectivity index is 3.06. The molecule has 0 bridgehead atoms. The molecule has 0 heterocycles. The van der Waals surface area contributed by atoms with Gasteiger partial charge in [-0.25, -0.2) is 0 Å². The van der Waals surface area contributed by atoms with Crippen LogP contribution in [0.15, 0.2) is 29.3 Å². The first-order chi connectivity index (χ1) is 10.6. The van der Waals surface area contributed by atoms with Crippen LogP contribution >= 0.6 is 0 Å². The van der Waals surface area contributed by atoms with Crippen molar-refractivity contribution in [1.82, 2.24) is 4.90 Å². The van der Waals surface area contributed by atoms with E-state index in [4.69, 9.17) is 11.5 Å². The maximum atomic E-state index is 12.6. The number of hydrogen-bond donors (Lipinski definition) is 2. The minimum atomic E-state index is -0.587. The summed E-state index contributed by atoms with van der Waals surface area (Å²) in [6.45, 7) is 7.82. The number of aliphatic imine (C=N–C) groups is 1. The van der Waals surface area contributed by atoms with Crippen molar-refractivity contribution < 1.29 is 9.59 Å². The molecule has 1 rings (SSSR count). The van der Waals surface area contributed by atoms with E-state index in [0.717, 1.165) is 11.1 Å². The Morgan fingerprint density at radius 2 is 1.70 bits per heavy atom. The second kappa shape index (κ2) is 7.76. The van der Waals surface area contributed by atoms with Crippen molar-refractivity contribution in [3.8, 4) is 0 Å². The quantitative estimate of drug-likeness (QED) is 0.612. The number of hydrogen-bond acceptors (Lipinski definition) is 3. The third-order valence-corrected chi connectivity index (χ3v) is 3.25. The SMILES string of the molecule is CC(N)=NCc1ccccc1CN(CC(N)=O)C(=O)C(C)(C)C. The summed E-state index contributed by atoms with van der Waals surface area (Å²) in [7, 11) is 0. The summed E-state index contributed by atoms with van der Waals surface area (Å²) in [6, 6.07) is 7.65. The van der Waals surface area contributed by atoms with Crippen LogP contribution in [-0.4, -0.2) is 29.1 Å². The van der Waals surface area contributed by atoms with E-state index in [1.807, 2.05) is 45.0 Å². The molecule has 0 aliphatic heterocycles. The molecule has 0 spiro atoms. The molecule has 0 aromatic heterocycles. The minimum Gasteiger partial charge on any atom is -0.388 e. The van der Waals surface area contributed by atoms with Gasteiger partial charge in [0.1, 0.15) is 0 Å². The third-order valence-electron chi connectivity index (χ3n) is 3.25. The summed E-state index contributed by atoms with van der Waals surface area (Å²) < 4.78 is 0. The second-order valence-electron chi connectivity index (χ2n) is 6.60. The van der Waals surface area contributed by atoms with E-state index in [0.29, 0.717) is 18.9 Å². The Bertz CT molecular complexity index is 599. The molecule has 0 atom stereocenters. The molecule has 0 aliphatic carbocycles. The average Bonchev–Trinajstić information content (AvgIpc) is 2.43. The van der Waals surface area contributed by atoms with Gasteiger partial charge in [-0.05, 0) is 18.1 Å². The Labute approximate surface area is 137 Å². The molecule has 4 N–H and O–H groups in total.